The van der Waals surface area contributed by atoms with Gasteiger partial charge < -0.3 is 10.0 Å². The molecular formula is C10H21NO2. The number of hydrogen-bond acceptors (Lipinski definition) is 2. The molecule has 0 aromatic rings. The Balaban J connectivity index is 3.16. The molecule has 0 aromatic heterocycles. The second kappa shape index (κ2) is 8.05. The minimum absolute atomic E-state index is 0.307. The van der Waals surface area contributed by atoms with Gasteiger partial charge in [-0.1, -0.05) is 13.3 Å². The molecule has 0 aliphatic heterocycles. The van der Waals surface area contributed by atoms with Gasteiger partial charge in [0.05, 0.1) is 0 Å². The average Bonchev–Trinajstić information content (AvgIpc) is 2.08. The van der Waals surface area contributed by atoms with Crippen molar-refractivity contribution in [2.24, 2.45) is 0 Å². The van der Waals surface area contributed by atoms with E-state index in [0.717, 1.165) is 25.9 Å². The maximum atomic E-state index is 10.2. The molecule has 13 heavy (non-hydrogen) atoms. The van der Waals surface area contributed by atoms with E-state index in [1.165, 1.54) is 12.8 Å². The fourth-order valence-corrected chi connectivity index (χ4v) is 1.20. The van der Waals surface area contributed by atoms with Crippen LogP contribution >= 0.6 is 0 Å². The summed E-state index contributed by atoms with van der Waals surface area (Å²) < 4.78 is 0. The summed E-state index contributed by atoms with van der Waals surface area (Å²) in [5.74, 6) is -0.684. The standard InChI is InChI=1S/C10H21NO2/c1-3-4-8-11(2)9-6-5-7-10(12)13/h3-9H2,1-2H3,(H,12,13). The zero-order valence-electron chi connectivity index (χ0n) is 8.75. The van der Waals surface area contributed by atoms with E-state index >= 15 is 0 Å². The summed E-state index contributed by atoms with van der Waals surface area (Å²) in [5.41, 5.74) is 0. The topological polar surface area (TPSA) is 40.5 Å². The Kier molecular flexibility index (Phi) is 7.69. The second-order valence-electron chi connectivity index (χ2n) is 3.51. The number of unbranched alkanes of at least 4 members (excludes halogenated alkanes) is 2. The third kappa shape index (κ3) is 9.34. The van der Waals surface area contributed by atoms with Crippen molar-refractivity contribution < 1.29 is 9.90 Å². The number of carboxylic acid groups (broad SMARTS) is 1. The van der Waals surface area contributed by atoms with Crippen molar-refractivity contribution in [1.29, 1.82) is 0 Å². The summed E-state index contributed by atoms with van der Waals surface area (Å²) >= 11 is 0. The maximum absolute atomic E-state index is 10.2. The number of carboxylic acids is 1. The molecule has 0 atom stereocenters. The Morgan fingerprint density at radius 2 is 1.85 bits per heavy atom. The number of rotatable bonds is 8. The summed E-state index contributed by atoms with van der Waals surface area (Å²) in [6.07, 6.45) is 4.55. The van der Waals surface area contributed by atoms with Crippen LogP contribution in [0.1, 0.15) is 39.0 Å². The van der Waals surface area contributed by atoms with Crippen molar-refractivity contribution in [2.45, 2.75) is 39.0 Å². The molecule has 0 radical (unpaired) electrons. The van der Waals surface area contributed by atoms with Crippen molar-refractivity contribution in [3.05, 3.63) is 0 Å². The largest absolute Gasteiger partial charge is 0.481 e. The molecule has 0 heterocycles. The van der Waals surface area contributed by atoms with Crippen molar-refractivity contribution in [3.63, 3.8) is 0 Å². The van der Waals surface area contributed by atoms with Crippen LogP contribution < -0.4 is 0 Å². The Morgan fingerprint density at radius 1 is 1.23 bits per heavy atom. The Labute approximate surface area is 80.7 Å². The number of carbonyl (C=O) groups is 1. The first kappa shape index (κ1) is 12.4. The van der Waals surface area contributed by atoms with E-state index in [1.54, 1.807) is 0 Å². The van der Waals surface area contributed by atoms with E-state index < -0.39 is 5.97 Å². The van der Waals surface area contributed by atoms with Crippen LogP contribution in [-0.2, 0) is 4.79 Å². The van der Waals surface area contributed by atoms with Crippen molar-refractivity contribution in [2.75, 3.05) is 20.1 Å². The van der Waals surface area contributed by atoms with Crippen molar-refractivity contribution in [3.8, 4) is 0 Å². The van der Waals surface area contributed by atoms with Gasteiger partial charge in [-0.05, 0) is 39.4 Å². The number of hydrogen-bond donors (Lipinski definition) is 1. The normalized spacial score (nSPS) is 10.7. The fourth-order valence-electron chi connectivity index (χ4n) is 1.20. The molecule has 0 unspecified atom stereocenters. The van der Waals surface area contributed by atoms with Gasteiger partial charge in [0.2, 0.25) is 0 Å². The summed E-state index contributed by atoms with van der Waals surface area (Å²) in [6.45, 7) is 4.33. The fraction of sp³-hybridized carbons (Fsp3) is 0.900. The molecule has 0 spiro atoms. The quantitative estimate of drug-likeness (QED) is 0.591. The lowest BCUT2D eigenvalue weighted by Crippen LogP contribution is -2.20. The summed E-state index contributed by atoms with van der Waals surface area (Å²) in [7, 11) is 2.09. The van der Waals surface area contributed by atoms with Crippen LogP contribution in [0.5, 0.6) is 0 Å². The lowest BCUT2D eigenvalue weighted by atomic mass is 10.2. The highest BCUT2D eigenvalue weighted by molar-refractivity contribution is 5.66. The van der Waals surface area contributed by atoms with E-state index in [-0.39, 0.29) is 0 Å². The van der Waals surface area contributed by atoms with Crippen LogP contribution in [0.4, 0.5) is 0 Å². The summed E-state index contributed by atoms with van der Waals surface area (Å²) in [5, 5.41) is 8.41. The second-order valence-corrected chi connectivity index (χ2v) is 3.51. The summed E-state index contributed by atoms with van der Waals surface area (Å²) in [4.78, 5) is 12.5. The average molecular weight is 187 g/mol. The van der Waals surface area contributed by atoms with Gasteiger partial charge in [-0.25, -0.2) is 0 Å². The monoisotopic (exact) mass is 187 g/mol. The molecule has 0 rings (SSSR count). The smallest absolute Gasteiger partial charge is 0.303 e. The van der Waals surface area contributed by atoms with Gasteiger partial charge in [0.15, 0.2) is 0 Å². The molecule has 0 aliphatic rings. The first-order chi connectivity index (χ1) is 6.16. The van der Waals surface area contributed by atoms with Gasteiger partial charge in [0.25, 0.3) is 0 Å². The van der Waals surface area contributed by atoms with Gasteiger partial charge in [0, 0.05) is 6.42 Å². The van der Waals surface area contributed by atoms with Crippen molar-refractivity contribution in [1.82, 2.24) is 4.90 Å². The molecule has 3 heteroatoms. The van der Waals surface area contributed by atoms with E-state index in [9.17, 15) is 4.79 Å². The minimum Gasteiger partial charge on any atom is -0.481 e. The van der Waals surface area contributed by atoms with Gasteiger partial charge >= 0.3 is 5.97 Å². The predicted octanol–water partition coefficient (Wildman–Crippen LogP) is 1.97. The zero-order chi connectivity index (χ0) is 10.1. The zero-order valence-corrected chi connectivity index (χ0v) is 8.75. The van der Waals surface area contributed by atoms with Crippen LogP contribution in [0.2, 0.25) is 0 Å². The van der Waals surface area contributed by atoms with E-state index in [0.29, 0.717) is 6.42 Å². The third-order valence-electron chi connectivity index (χ3n) is 2.07. The first-order valence-electron chi connectivity index (χ1n) is 5.07. The molecular weight excluding hydrogens is 166 g/mol. The third-order valence-corrected chi connectivity index (χ3v) is 2.07. The van der Waals surface area contributed by atoms with Crippen LogP contribution in [0.3, 0.4) is 0 Å². The molecule has 0 saturated heterocycles. The van der Waals surface area contributed by atoms with Crippen molar-refractivity contribution >= 4 is 5.97 Å². The van der Waals surface area contributed by atoms with E-state index in [1.807, 2.05) is 0 Å². The molecule has 0 saturated carbocycles. The highest BCUT2D eigenvalue weighted by Gasteiger charge is 1.99. The first-order valence-corrected chi connectivity index (χ1v) is 5.07. The van der Waals surface area contributed by atoms with Gasteiger partial charge in [0.1, 0.15) is 0 Å². The molecule has 0 aliphatic carbocycles. The molecule has 0 aromatic carbocycles. The lowest BCUT2D eigenvalue weighted by Gasteiger charge is -2.15. The Bertz CT molecular complexity index is 137. The van der Waals surface area contributed by atoms with Crippen LogP contribution in [0.25, 0.3) is 0 Å². The van der Waals surface area contributed by atoms with Gasteiger partial charge in [-0.15, -0.1) is 0 Å². The highest BCUT2D eigenvalue weighted by atomic mass is 16.4. The van der Waals surface area contributed by atoms with Crippen LogP contribution in [0, 0.1) is 0 Å². The molecule has 3 nitrogen and oxygen atoms in total. The Morgan fingerprint density at radius 3 is 2.38 bits per heavy atom. The number of aliphatic carboxylic acids is 1. The maximum Gasteiger partial charge on any atom is 0.303 e. The van der Waals surface area contributed by atoms with Gasteiger partial charge in [-0.2, -0.15) is 0 Å². The van der Waals surface area contributed by atoms with Crippen LogP contribution in [-0.4, -0.2) is 36.1 Å². The highest BCUT2D eigenvalue weighted by Crippen LogP contribution is 1.98. The lowest BCUT2D eigenvalue weighted by molar-refractivity contribution is -0.137. The number of nitrogens with zero attached hydrogens (tertiary/aromatic N) is 1. The van der Waals surface area contributed by atoms with E-state index in [4.69, 9.17) is 5.11 Å². The van der Waals surface area contributed by atoms with Gasteiger partial charge in [-0.3, -0.25) is 4.79 Å². The minimum atomic E-state index is -0.684. The molecule has 1 N–H and O–H groups in total. The molecule has 0 fully saturated rings. The molecule has 0 amide bonds. The molecule has 0 bridgehead atoms. The summed E-state index contributed by atoms with van der Waals surface area (Å²) in [6, 6.07) is 0. The predicted molar refractivity (Wildman–Crippen MR) is 53.9 cm³/mol. The SMILES string of the molecule is CCCCN(C)CCCCC(=O)O. The Hall–Kier alpha value is -0.570. The van der Waals surface area contributed by atoms with Crippen LogP contribution in [0.15, 0.2) is 0 Å². The molecule has 78 valence electrons. The van der Waals surface area contributed by atoms with E-state index in [2.05, 4.69) is 18.9 Å².